The Balaban J connectivity index is 1.13. The van der Waals surface area contributed by atoms with Crippen molar-refractivity contribution in [2.45, 2.75) is 41.5 Å². The van der Waals surface area contributed by atoms with Gasteiger partial charge in [0.05, 0.1) is 16.6 Å². The number of aryl methyl sites for hydroxylation is 6. The third kappa shape index (κ3) is 5.64. The summed E-state index contributed by atoms with van der Waals surface area (Å²) < 4.78 is 2.53. The first-order valence-electron chi connectivity index (χ1n) is 20.7. The van der Waals surface area contributed by atoms with Crippen molar-refractivity contribution in [3.05, 3.63) is 197 Å². The molecule has 9 aromatic carbocycles. The Kier molecular flexibility index (Phi) is 7.87. The van der Waals surface area contributed by atoms with E-state index in [0.717, 1.165) is 11.4 Å². The molecule has 11 rings (SSSR count). The van der Waals surface area contributed by atoms with Gasteiger partial charge in [-0.3, -0.25) is 0 Å². The van der Waals surface area contributed by atoms with Crippen molar-refractivity contribution >= 4 is 93.8 Å². The van der Waals surface area contributed by atoms with Crippen LogP contribution in [0.3, 0.4) is 0 Å². The molecule has 11 aromatic rings. The van der Waals surface area contributed by atoms with Crippen LogP contribution >= 0.6 is 0 Å². The number of hydrogen-bond acceptors (Lipinski definition) is 2. The van der Waals surface area contributed by atoms with E-state index in [1.165, 1.54) is 116 Å². The predicted molar refractivity (Wildman–Crippen MR) is 254 cm³/mol. The highest BCUT2D eigenvalue weighted by molar-refractivity contribution is 6.26. The van der Waals surface area contributed by atoms with Gasteiger partial charge in [0.1, 0.15) is 0 Å². The molecule has 0 N–H and O–H groups in total. The standard InChI is InChI=1S/C56H45N3/c1-34-22-35(2)25-46(24-34)57(52-16-9-7-12-38(52)5)44-20-18-40-30-50-48-14-11-15-49-51-31-41-19-21-45(29-43(41)33-55(51)59(56(48)49)54(50)32-42(40)28-44)58(53-17-10-8-13-39(53)6)47-26-36(3)23-37(4)27-47/h7-33H,1-6H3. The lowest BCUT2D eigenvalue weighted by Gasteiger charge is -2.28. The normalized spacial score (nSPS) is 11.9. The summed E-state index contributed by atoms with van der Waals surface area (Å²) in [5.74, 6) is 0. The van der Waals surface area contributed by atoms with Crippen molar-refractivity contribution in [3.63, 3.8) is 0 Å². The van der Waals surface area contributed by atoms with Gasteiger partial charge in [0.15, 0.2) is 0 Å². The van der Waals surface area contributed by atoms with Gasteiger partial charge in [-0.1, -0.05) is 78.9 Å². The van der Waals surface area contributed by atoms with Crippen LogP contribution in [0, 0.1) is 41.5 Å². The summed E-state index contributed by atoms with van der Waals surface area (Å²) in [6, 6.07) is 61.5. The zero-order valence-electron chi connectivity index (χ0n) is 34.4. The second kappa shape index (κ2) is 13.2. The number of aromatic nitrogens is 1. The van der Waals surface area contributed by atoms with Gasteiger partial charge in [-0.15, -0.1) is 0 Å². The maximum Gasteiger partial charge on any atom is 0.0620 e. The van der Waals surface area contributed by atoms with Crippen molar-refractivity contribution < 1.29 is 0 Å². The molecule has 0 radical (unpaired) electrons. The molecule has 0 bridgehead atoms. The molecule has 0 saturated carbocycles. The summed E-state index contributed by atoms with van der Waals surface area (Å²) in [5.41, 5.74) is 18.3. The number of rotatable bonds is 6. The molecule has 59 heavy (non-hydrogen) atoms. The molecule has 0 aliphatic rings. The molecule has 2 heterocycles. The van der Waals surface area contributed by atoms with Gasteiger partial charge in [0.25, 0.3) is 0 Å². The number of benzene rings is 9. The number of anilines is 6. The number of fused-ring (bicyclic) bond motifs is 8. The van der Waals surface area contributed by atoms with Crippen LogP contribution in [0.25, 0.3) is 59.6 Å². The molecule has 0 atom stereocenters. The smallest absolute Gasteiger partial charge is 0.0620 e. The first-order chi connectivity index (χ1) is 28.7. The van der Waals surface area contributed by atoms with E-state index in [2.05, 4.69) is 220 Å². The van der Waals surface area contributed by atoms with Crippen LogP contribution in [0.15, 0.2) is 164 Å². The fourth-order valence-corrected chi connectivity index (χ4v) is 9.86. The Morgan fingerprint density at radius 1 is 0.322 bits per heavy atom. The lowest BCUT2D eigenvalue weighted by atomic mass is 10.0. The molecular formula is C56H45N3. The van der Waals surface area contributed by atoms with E-state index in [1.807, 2.05) is 0 Å². The van der Waals surface area contributed by atoms with Crippen LogP contribution in [-0.2, 0) is 0 Å². The van der Waals surface area contributed by atoms with Crippen molar-refractivity contribution in [3.8, 4) is 0 Å². The molecule has 0 aliphatic heterocycles. The summed E-state index contributed by atoms with van der Waals surface area (Å²) in [4.78, 5) is 4.84. The van der Waals surface area contributed by atoms with Gasteiger partial charge in [0, 0.05) is 55.7 Å². The molecule has 0 aliphatic carbocycles. The van der Waals surface area contributed by atoms with Crippen molar-refractivity contribution in [2.24, 2.45) is 0 Å². The average molecular weight is 760 g/mol. The minimum Gasteiger partial charge on any atom is -0.310 e. The molecule has 0 fully saturated rings. The first kappa shape index (κ1) is 35.1. The third-order valence-corrected chi connectivity index (χ3v) is 12.4. The highest BCUT2D eigenvalue weighted by atomic mass is 15.1. The lowest BCUT2D eigenvalue weighted by Crippen LogP contribution is -2.11. The highest BCUT2D eigenvalue weighted by Gasteiger charge is 2.21. The topological polar surface area (TPSA) is 10.9 Å². The molecule has 3 nitrogen and oxygen atoms in total. The molecule has 284 valence electrons. The maximum atomic E-state index is 2.53. The SMILES string of the molecule is Cc1cc(C)cc(N(c2ccc3cc4c5cccc6c7cc8ccc(N(c9cc(C)cc(C)c9)c9ccccc9C)cc8cc7n(c4cc3c2)c56)c2ccccc2C)c1. The van der Waals surface area contributed by atoms with Gasteiger partial charge < -0.3 is 14.2 Å². The van der Waals surface area contributed by atoms with Crippen molar-refractivity contribution in [1.29, 1.82) is 0 Å². The molecule has 0 spiro atoms. The Hall–Kier alpha value is -7.10. The van der Waals surface area contributed by atoms with Gasteiger partial charge in [-0.25, -0.2) is 0 Å². The number of hydrogen-bond donors (Lipinski definition) is 0. The monoisotopic (exact) mass is 759 g/mol. The fourth-order valence-electron chi connectivity index (χ4n) is 9.86. The van der Waals surface area contributed by atoms with E-state index in [-0.39, 0.29) is 0 Å². The number of nitrogens with zero attached hydrogens (tertiary/aromatic N) is 3. The van der Waals surface area contributed by atoms with Gasteiger partial charge in [-0.05, 0) is 181 Å². The molecular weight excluding hydrogens is 715 g/mol. The maximum absolute atomic E-state index is 2.53. The molecule has 2 aromatic heterocycles. The quantitative estimate of drug-likeness (QED) is 0.167. The second-order valence-electron chi connectivity index (χ2n) is 16.8. The lowest BCUT2D eigenvalue weighted by molar-refractivity contribution is 1.23. The molecule has 0 unspecified atom stereocenters. The van der Waals surface area contributed by atoms with Crippen LogP contribution in [0.1, 0.15) is 33.4 Å². The largest absolute Gasteiger partial charge is 0.310 e. The van der Waals surface area contributed by atoms with E-state index in [0.29, 0.717) is 0 Å². The third-order valence-electron chi connectivity index (χ3n) is 12.4. The molecule has 0 saturated heterocycles. The van der Waals surface area contributed by atoms with Crippen molar-refractivity contribution in [2.75, 3.05) is 9.80 Å². The Morgan fingerprint density at radius 3 is 1.17 bits per heavy atom. The Morgan fingerprint density at radius 2 is 0.746 bits per heavy atom. The van der Waals surface area contributed by atoms with Gasteiger partial charge in [-0.2, -0.15) is 0 Å². The van der Waals surface area contributed by atoms with Crippen LogP contribution in [-0.4, -0.2) is 4.40 Å². The summed E-state index contributed by atoms with van der Waals surface area (Å²) in [6.07, 6.45) is 0. The fraction of sp³-hybridized carbons (Fsp3) is 0.107. The van der Waals surface area contributed by atoms with E-state index in [1.54, 1.807) is 0 Å². The Bertz CT molecular complexity index is 3210. The van der Waals surface area contributed by atoms with Gasteiger partial charge >= 0.3 is 0 Å². The van der Waals surface area contributed by atoms with Crippen LogP contribution in [0.5, 0.6) is 0 Å². The van der Waals surface area contributed by atoms with E-state index < -0.39 is 0 Å². The summed E-state index contributed by atoms with van der Waals surface area (Å²) in [6.45, 7) is 13.1. The minimum absolute atomic E-state index is 1.15. The van der Waals surface area contributed by atoms with Crippen molar-refractivity contribution in [1.82, 2.24) is 4.40 Å². The van der Waals surface area contributed by atoms with E-state index in [9.17, 15) is 0 Å². The zero-order valence-corrected chi connectivity index (χ0v) is 34.4. The molecule has 3 heteroatoms. The highest BCUT2D eigenvalue weighted by Crippen LogP contribution is 2.45. The molecule has 0 amide bonds. The summed E-state index contributed by atoms with van der Waals surface area (Å²) >= 11 is 0. The predicted octanol–water partition coefficient (Wildman–Crippen LogP) is 15.9. The summed E-state index contributed by atoms with van der Waals surface area (Å²) in [5, 5.41) is 10.1. The zero-order chi connectivity index (χ0) is 40.1. The average Bonchev–Trinajstić information content (AvgIpc) is 3.71. The Labute approximate surface area is 345 Å². The first-order valence-corrected chi connectivity index (χ1v) is 20.7. The number of para-hydroxylation sites is 3. The van der Waals surface area contributed by atoms with Gasteiger partial charge in [0.2, 0.25) is 0 Å². The minimum atomic E-state index is 1.15. The van der Waals surface area contributed by atoms with Crippen LogP contribution in [0.4, 0.5) is 34.1 Å². The second-order valence-corrected chi connectivity index (χ2v) is 16.8. The van der Waals surface area contributed by atoms with Crippen LogP contribution in [0.2, 0.25) is 0 Å². The van der Waals surface area contributed by atoms with E-state index in [4.69, 9.17) is 0 Å². The van der Waals surface area contributed by atoms with Crippen LogP contribution < -0.4 is 9.80 Å². The van der Waals surface area contributed by atoms with E-state index >= 15 is 0 Å². The summed E-state index contributed by atoms with van der Waals surface area (Å²) in [7, 11) is 0.